The van der Waals surface area contributed by atoms with Gasteiger partial charge in [0.05, 0.1) is 5.92 Å². The van der Waals surface area contributed by atoms with Crippen LogP contribution in [0.2, 0.25) is 0 Å². The lowest BCUT2D eigenvalue weighted by molar-refractivity contribution is -0.140. The Balaban J connectivity index is 2.46. The lowest BCUT2D eigenvalue weighted by Crippen LogP contribution is -2.11. The number of aryl methyl sites for hydroxylation is 1. The minimum atomic E-state index is -0.726. The maximum absolute atomic E-state index is 10.7. The van der Waals surface area contributed by atoms with Gasteiger partial charge in [-0.3, -0.25) is 4.79 Å². The summed E-state index contributed by atoms with van der Waals surface area (Å²) in [5.41, 5.74) is 1.34. The summed E-state index contributed by atoms with van der Waals surface area (Å²) in [6, 6.07) is 8.41. The lowest BCUT2D eigenvalue weighted by Gasteiger charge is -2.07. The van der Waals surface area contributed by atoms with Gasteiger partial charge in [0, 0.05) is 16.0 Å². The molecule has 4 heteroatoms. The summed E-state index contributed by atoms with van der Waals surface area (Å²) in [5, 5.41) is 9.89. The third kappa shape index (κ3) is 5.91. The molecule has 0 aliphatic heterocycles. The summed E-state index contributed by atoms with van der Waals surface area (Å²) in [5.74, 6) is -0.400. The Morgan fingerprint density at radius 2 is 2.22 bits per heavy atom. The van der Waals surface area contributed by atoms with Crippen molar-refractivity contribution in [3.63, 3.8) is 0 Å². The van der Waals surface area contributed by atoms with Gasteiger partial charge in [0.25, 0.3) is 0 Å². The molecule has 0 radical (unpaired) electrons. The average molecular weight is 331 g/mol. The quantitative estimate of drug-likeness (QED) is 0.440. The van der Waals surface area contributed by atoms with Crippen molar-refractivity contribution in [3.05, 3.63) is 29.8 Å². The summed E-state index contributed by atoms with van der Waals surface area (Å²) >= 11 is 5.05. The maximum Gasteiger partial charge on any atom is 0.307 e. The zero-order chi connectivity index (χ0) is 13.4. The van der Waals surface area contributed by atoms with Gasteiger partial charge in [0.2, 0.25) is 0 Å². The molecule has 0 saturated carbocycles. The van der Waals surface area contributed by atoms with E-state index in [-0.39, 0.29) is 5.92 Å². The minimum Gasteiger partial charge on any atom is -0.481 e. The van der Waals surface area contributed by atoms with Crippen molar-refractivity contribution in [1.29, 1.82) is 0 Å². The fourth-order valence-corrected chi connectivity index (χ4v) is 2.90. The largest absolute Gasteiger partial charge is 0.481 e. The monoisotopic (exact) mass is 330 g/mol. The first-order valence-electron chi connectivity index (χ1n) is 6.14. The number of carboxylic acid groups (broad SMARTS) is 1. The Hall–Kier alpha value is -0.480. The molecule has 0 amide bonds. The van der Waals surface area contributed by atoms with Crippen molar-refractivity contribution >= 4 is 33.7 Å². The first-order chi connectivity index (χ1) is 8.63. The van der Waals surface area contributed by atoms with Crippen LogP contribution in [0.15, 0.2) is 29.2 Å². The zero-order valence-corrected chi connectivity index (χ0v) is 13.0. The molecule has 2 nitrogen and oxygen atoms in total. The van der Waals surface area contributed by atoms with E-state index in [1.807, 2.05) is 6.07 Å². The van der Waals surface area contributed by atoms with Crippen LogP contribution in [0.25, 0.3) is 0 Å². The van der Waals surface area contributed by atoms with Gasteiger partial charge < -0.3 is 5.11 Å². The first kappa shape index (κ1) is 15.6. The Labute approximate surface area is 121 Å². The minimum absolute atomic E-state index is 0.299. The average Bonchev–Trinajstić information content (AvgIpc) is 2.36. The Kier molecular flexibility index (Phi) is 7.44. The molecule has 1 rings (SSSR count). The highest BCUT2D eigenvalue weighted by Gasteiger charge is 2.10. The Bertz CT molecular complexity index is 382. The number of aliphatic carboxylic acids is 1. The topological polar surface area (TPSA) is 37.3 Å². The fraction of sp³-hybridized carbons (Fsp3) is 0.500. The molecule has 0 spiro atoms. The van der Waals surface area contributed by atoms with Crippen molar-refractivity contribution in [2.75, 3.05) is 11.1 Å². The van der Waals surface area contributed by atoms with Crippen LogP contribution in [-0.4, -0.2) is 22.2 Å². The summed E-state index contributed by atoms with van der Waals surface area (Å²) in [7, 11) is 0. The lowest BCUT2D eigenvalue weighted by atomic mass is 10.1. The molecule has 0 aromatic heterocycles. The van der Waals surface area contributed by atoms with Gasteiger partial charge in [-0.1, -0.05) is 35.0 Å². The van der Waals surface area contributed by atoms with E-state index in [0.29, 0.717) is 5.75 Å². The number of carboxylic acids is 1. The smallest absolute Gasteiger partial charge is 0.307 e. The van der Waals surface area contributed by atoms with E-state index in [4.69, 9.17) is 5.11 Å². The molecular weight excluding hydrogens is 312 g/mol. The van der Waals surface area contributed by atoms with Gasteiger partial charge in [-0.25, -0.2) is 0 Å². The van der Waals surface area contributed by atoms with Crippen LogP contribution >= 0.6 is 27.7 Å². The van der Waals surface area contributed by atoms with Crippen LogP contribution in [0.4, 0.5) is 0 Å². The fourth-order valence-electron chi connectivity index (χ4n) is 1.51. The van der Waals surface area contributed by atoms with Crippen molar-refractivity contribution in [2.45, 2.75) is 31.1 Å². The highest BCUT2D eigenvalue weighted by atomic mass is 79.9. The molecule has 1 aromatic rings. The van der Waals surface area contributed by atoms with Crippen molar-refractivity contribution in [2.24, 2.45) is 5.92 Å². The summed E-state index contributed by atoms with van der Waals surface area (Å²) in [4.78, 5) is 11.9. The van der Waals surface area contributed by atoms with Gasteiger partial charge >= 0.3 is 5.97 Å². The first-order valence-corrected chi connectivity index (χ1v) is 8.24. The van der Waals surface area contributed by atoms with E-state index in [1.54, 1.807) is 18.7 Å². The molecule has 0 aliphatic rings. The molecule has 1 aromatic carbocycles. The van der Waals surface area contributed by atoms with Crippen LogP contribution in [-0.2, 0) is 11.2 Å². The normalized spacial score (nSPS) is 12.3. The van der Waals surface area contributed by atoms with Gasteiger partial charge in [0.15, 0.2) is 0 Å². The number of hydrogen-bond donors (Lipinski definition) is 1. The molecule has 0 bridgehead atoms. The number of benzene rings is 1. The molecule has 18 heavy (non-hydrogen) atoms. The number of rotatable bonds is 8. The molecule has 0 fully saturated rings. The second-order valence-electron chi connectivity index (χ2n) is 4.34. The number of thioether (sulfide) groups is 1. The predicted octanol–water partition coefficient (Wildman–Crippen LogP) is 4.22. The molecular formula is C14H19BrO2S. The highest BCUT2D eigenvalue weighted by molar-refractivity contribution is 9.09. The predicted molar refractivity (Wildman–Crippen MR) is 80.7 cm³/mol. The van der Waals surface area contributed by atoms with E-state index in [0.717, 1.165) is 11.8 Å². The summed E-state index contributed by atoms with van der Waals surface area (Å²) in [6.07, 6.45) is 3.47. The molecule has 1 unspecified atom stereocenters. The molecule has 1 atom stereocenters. The standard InChI is InChI=1S/C14H19BrO2S/c1-11(14(16)17)10-18-13-7-4-6-12(9-13)5-2-3-8-15/h4,6-7,9,11H,2-3,5,8,10H2,1H3,(H,16,17). The third-order valence-corrected chi connectivity index (χ3v) is 4.48. The van der Waals surface area contributed by atoms with Crippen LogP contribution in [0.3, 0.4) is 0 Å². The second kappa shape index (κ2) is 8.59. The van der Waals surface area contributed by atoms with E-state index in [1.165, 1.54) is 23.3 Å². The van der Waals surface area contributed by atoms with Crippen LogP contribution < -0.4 is 0 Å². The van der Waals surface area contributed by atoms with Gasteiger partial charge in [-0.2, -0.15) is 0 Å². The molecule has 100 valence electrons. The van der Waals surface area contributed by atoms with Gasteiger partial charge in [0.1, 0.15) is 0 Å². The Morgan fingerprint density at radius 1 is 1.44 bits per heavy atom. The molecule has 0 heterocycles. The second-order valence-corrected chi connectivity index (χ2v) is 6.23. The van der Waals surface area contributed by atoms with E-state index >= 15 is 0 Å². The van der Waals surface area contributed by atoms with Crippen molar-refractivity contribution in [3.8, 4) is 0 Å². The van der Waals surface area contributed by atoms with Crippen molar-refractivity contribution < 1.29 is 9.90 Å². The summed E-state index contributed by atoms with van der Waals surface area (Å²) in [6.45, 7) is 1.75. The van der Waals surface area contributed by atoms with Crippen LogP contribution in [0, 0.1) is 5.92 Å². The Morgan fingerprint density at radius 3 is 2.89 bits per heavy atom. The van der Waals surface area contributed by atoms with Gasteiger partial charge in [-0.15, -0.1) is 11.8 Å². The van der Waals surface area contributed by atoms with Crippen molar-refractivity contribution in [1.82, 2.24) is 0 Å². The molecule has 1 N–H and O–H groups in total. The summed E-state index contributed by atoms with van der Waals surface area (Å²) < 4.78 is 0. The number of halogens is 1. The van der Waals surface area contributed by atoms with Gasteiger partial charge in [-0.05, 0) is 37.0 Å². The number of alkyl halides is 1. The SMILES string of the molecule is CC(CSc1cccc(CCCCBr)c1)C(=O)O. The highest BCUT2D eigenvalue weighted by Crippen LogP contribution is 2.22. The van der Waals surface area contributed by atoms with E-state index in [9.17, 15) is 4.79 Å². The number of hydrogen-bond acceptors (Lipinski definition) is 2. The van der Waals surface area contributed by atoms with Crippen LogP contribution in [0.1, 0.15) is 25.3 Å². The third-order valence-electron chi connectivity index (χ3n) is 2.67. The van der Waals surface area contributed by atoms with Crippen LogP contribution in [0.5, 0.6) is 0 Å². The molecule has 0 saturated heterocycles. The molecule has 0 aliphatic carbocycles. The van der Waals surface area contributed by atoms with E-state index < -0.39 is 5.97 Å². The number of unbranched alkanes of at least 4 members (excludes halogenated alkanes) is 1. The zero-order valence-electron chi connectivity index (χ0n) is 10.6. The number of carbonyl (C=O) groups is 1. The maximum atomic E-state index is 10.7. The van der Waals surface area contributed by atoms with E-state index in [2.05, 4.69) is 34.1 Å².